The van der Waals surface area contributed by atoms with Crippen molar-refractivity contribution in [2.24, 2.45) is 5.92 Å². The Morgan fingerprint density at radius 2 is 2.07 bits per heavy atom. The van der Waals surface area contributed by atoms with Gasteiger partial charge in [-0.25, -0.2) is 4.98 Å². The van der Waals surface area contributed by atoms with Gasteiger partial charge in [0.15, 0.2) is 5.13 Å². The Hall–Kier alpha value is -2.51. The number of amides is 1. The molecule has 0 saturated carbocycles. The number of thiazole rings is 1. The van der Waals surface area contributed by atoms with Gasteiger partial charge in [-0.1, -0.05) is 22.9 Å². The van der Waals surface area contributed by atoms with E-state index in [0.717, 1.165) is 47.0 Å². The summed E-state index contributed by atoms with van der Waals surface area (Å²) in [5.74, 6) is 1.42. The number of hydrogen-bond donors (Lipinski definition) is 1. The maximum atomic E-state index is 12.8. The fourth-order valence-electron chi connectivity index (χ4n) is 3.63. The first-order valence-corrected chi connectivity index (χ1v) is 11.2. The molecule has 4 rings (SSSR count). The van der Waals surface area contributed by atoms with Crippen LogP contribution in [0.3, 0.4) is 0 Å². The second kappa shape index (κ2) is 9.10. The number of methoxy groups -OCH3 is 1. The van der Waals surface area contributed by atoms with Gasteiger partial charge in [0.05, 0.1) is 29.6 Å². The molecule has 1 fully saturated rings. The Morgan fingerprint density at radius 1 is 1.27 bits per heavy atom. The summed E-state index contributed by atoms with van der Waals surface area (Å²) in [6.45, 7) is 4.21. The van der Waals surface area contributed by atoms with E-state index in [9.17, 15) is 4.79 Å². The van der Waals surface area contributed by atoms with Crippen molar-refractivity contribution in [2.75, 3.05) is 37.0 Å². The molecule has 158 valence electrons. The van der Waals surface area contributed by atoms with Crippen molar-refractivity contribution in [2.45, 2.75) is 19.8 Å². The molecular weight excluding hydrogens is 422 g/mol. The SMILES string of the molecule is CCOc1ccc2nc(N3CCC(C(=O)Nc4cc(Cl)ccc4OC)CC3)sc2c1. The molecule has 0 aliphatic carbocycles. The summed E-state index contributed by atoms with van der Waals surface area (Å²) in [5.41, 5.74) is 1.58. The molecule has 1 aliphatic rings. The summed E-state index contributed by atoms with van der Waals surface area (Å²) >= 11 is 7.73. The lowest BCUT2D eigenvalue weighted by molar-refractivity contribution is -0.120. The third-order valence-electron chi connectivity index (χ3n) is 5.22. The van der Waals surface area contributed by atoms with E-state index < -0.39 is 0 Å². The van der Waals surface area contributed by atoms with Crippen molar-refractivity contribution < 1.29 is 14.3 Å². The highest BCUT2D eigenvalue weighted by Gasteiger charge is 2.27. The molecule has 1 saturated heterocycles. The van der Waals surface area contributed by atoms with Gasteiger partial charge < -0.3 is 19.7 Å². The zero-order valence-electron chi connectivity index (χ0n) is 17.0. The second-order valence-electron chi connectivity index (χ2n) is 7.15. The van der Waals surface area contributed by atoms with E-state index in [1.807, 2.05) is 25.1 Å². The van der Waals surface area contributed by atoms with Gasteiger partial charge in [0.1, 0.15) is 11.5 Å². The standard InChI is InChI=1S/C22H24ClN3O3S/c1-3-29-16-5-6-17-20(13-16)30-22(25-17)26-10-8-14(9-11-26)21(27)24-18-12-15(23)4-7-19(18)28-2/h4-7,12-14H,3,8-11H2,1-2H3,(H,24,27). The van der Waals surface area contributed by atoms with Crippen molar-refractivity contribution in [3.63, 3.8) is 0 Å². The quantitative estimate of drug-likeness (QED) is 0.564. The first-order chi connectivity index (χ1) is 14.6. The summed E-state index contributed by atoms with van der Waals surface area (Å²) in [6.07, 6.45) is 1.55. The molecule has 3 aromatic rings. The summed E-state index contributed by atoms with van der Waals surface area (Å²) < 4.78 is 12.0. The molecule has 8 heteroatoms. The van der Waals surface area contributed by atoms with Crippen LogP contribution >= 0.6 is 22.9 Å². The minimum atomic E-state index is -0.0520. The number of rotatable bonds is 6. The lowest BCUT2D eigenvalue weighted by Gasteiger charge is -2.31. The Morgan fingerprint density at radius 3 is 2.80 bits per heavy atom. The van der Waals surface area contributed by atoms with E-state index in [2.05, 4.69) is 10.2 Å². The maximum Gasteiger partial charge on any atom is 0.227 e. The lowest BCUT2D eigenvalue weighted by Crippen LogP contribution is -2.38. The fourth-order valence-corrected chi connectivity index (χ4v) is 4.85. The number of halogens is 1. The predicted octanol–water partition coefficient (Wildman–Crippen LogP) is 5.21. The molecule has 0 bridgehead atoms. The number of ether oxygens (including phenoxy) is 2. The number of nitrogens with one attached hydrogen (secondary N) is 1. The Bertz CT molecular complexity index is 1050. The summed E-state index contributed by atoms with van der Waals surface area (Å²) in [7, 11) is 1.58. The van der Waals surface area contributed by atoms with Crippen LogP contribution in [0.5, 0.6) is 11.5 Å². The number of hydrogen-bond acceptors (Lipinski definition) is 6. The van der Waals surface area contributed by atoms with Crippen LogP contribution in [0.15, 0.2) is 36.4 Å². The van der Waals surface area contributed by atoms with Crippen LogP contribution in [0.4, 0.5) is 10.8 Å². The summed E-state index contributed by atoms with van der Waals surface area (Å²) in [4.78, 5) is 19.8. The molecule has 30 heavy (non-hydrogen) atoms. The van der Waals surface area contributed by atoms with Crippen molar-refractivity contribution in [3.05, 3.63) is 41.4 Å². The number of fused-ring (bicyclic) bond motifs is 1. The van der Waals surface area contributed by atoms with Crippen LogP contribution in [-0.2, 0) is 4.79 Å². The molecule has 1 amide bonds. The topological polar surface area (TPSA) is 63.7 Å². The average molecular weight is 446 g/mol. The molecule has 0 spiro atoms. The van der Waals surface area contributed by atoms with Crippen molar-refractivity contribution in [1.29, 1.82) is 0 Å². The second-order valence-corrected chi connectivity index (χ2v) is 8.60. The van der Waals surface area contributed by atoms with Crippen LogP contribution in [0.2, 0.25) is 5.02 Å². The van der Waals surface area contributed by atoms with Gasteiger partial charge in [0, 0.05) is 24.0 Å². The number of nitrogens with zero attached hydrogens (tertiary/aromatic N) is 2. The van der Waals surface area contributed by atoms with Crippen molar-refractivity contribution >= 4 is 49.9 Å². The van der Waals surface area contributed by atoms with Gasteiger partial charge in [-0.3, -0.25) is 4.79 Å². The largest absolute Gasteiger partial charge is 0.495 e. The highest BCUT2D eigenvalue weighted by atomic mass is 35.5. The van der Waals surface area contributed by atoms with E-state index in [1.54, 1.807) is 36.6 Å². The third-order valence-corrected chi connectivity index (χ3v) is 6.53. The van der Waals surface area contributed by atoms with Gasteiger partial charge in [-0.15, -0.1) is 0 Å². The molecule has 2 heterocycles. The molecular formula is C22H24ClN3O3S. The fraction of sp³-hybridized carbons (Fsp3) is 0.364. The number of aromatic nitrogens is 1. The molecule has 1 aromatic heterocycles. The minimum absolute atomic E-state index is 0.000808. The lowest BCUT2D eigenvalue weighted by atomic mass is 9.96. The van der Waals surface area contributed by atoms with Crippen LogP contribution in [0.25, 0.3) is 10.2 Å². The molecule has 0 unspecified atom stereocenters. The number of anilines is 2. The number of benzene rings is 2. The highest BCUT2D eigenvalue weighted by Crippen LogP contribution is 2.34. The summed E-state index contributed by atoms with van der Waals surface area (Å²) in [6, 6.07) is 11.2. The van der Waals surface area contributed by atoms with E-state index in [0.29, 0.717) is 23.1 Å². The average Bonchev–Trinajstić information content (AvgIpc) is 3.18. The molecule has 0 radical (unpaired) electrons. The zero-order valence-corrected chi connectivity index (χ0v) is 18.6. The van der Waals surface area contributed by atoms with E-state index in [4.69, 9.17) is 26.1 Å². The van der Waals surface area contributed by atoms with Gasteiger partial charge in [0.25, 0.3) is 0 Å². The van der Waals surface area contributed by atoms with Gasteiger partial charge in [-0.2, -0.15) is 0 Å². The molecule has 1 aliphatic heterocycles. The maximum absolute atomic E-state index is 12.8. The zero-order chi connectivity index (χ0) is 21.1. The van der Waals surface area contributed by atoms with Crippen molar-refractivity contribution in [1.82, 2.24) is 4.98 Å². The smallest absolute Gasteiger partial charge is 0.227 e. The van der Waals surface area contributed by atoms with Gasteiger partial charge in [0.2, 0.25) is 5.91 Å². The van der Waals surface area contributed by atoms with Gasteiger partial charge >= 0.3 is 0 Å². The minimum Gasteiger partial charge on any atom is -0.495 e. The first-order valence-electron chi connectivity index (χ1n) is 10.00. The normalized spacial score (nSPS) is 14.7. The monoisotopic (exact) mass is 445 g/mol. The highest BCUT2D eigenvalue weighted by molar-refractivity contribution is 7.22. The van der Waals surface area contributed by atoms with Crippen LogP contribution < -0.4 is 19.7 Å². The third kappa shape index (κ3) is 4.47. The van der Waals surface area contributed by atoms with Crippen LogP contribution in [0.1, 0.15) is 19.8 Å². The number of piperidine rings is 1. The van der Waals surface area contributed by atoms with Crippen molar-refractivity contribution in [3.8, 4) is 11.5 Å². The Balaban J connectivity index is 1.39. The molecule has 2 aromatic carbocycles. The summed E-state index contributed by atoms with van der Waals surface area (Å²) in [5, 5.41) is 4.53. The number of carbonyl (C=O) groups is 1. The van der Waals surface area contributed by atoms with E-state index in [1.165, 1.54) is 0 Å². The Labute approximate surface area is 184 Å². The Kier molecular flexibility index (Phi) is 6.29. The van der Waals surface area contributed by atoms with Crippen LogP contribution in [0, 0.1) is 5.92 Å². The van der Waals surface area contributed by atoms with E-state index >= 15 is 0 Å². The molecule has 1 N–H and O–H groups in total. The van der Waals surface area contributed by atoms with Gasteiger partial charge in [-0.05, 0) is 56.2 Å². The first kappa shape index (κ1) is 20.8. The molecule has 6 nitrogen and oxygen atoms in total. The molecule has 0 atom stereocenters. The predicted molar refractivity (Wildman–Crippen MR) is 122 cm³/mol. The van der Waals surface area contributed by atoms with E-state index in [-0.39, 0.29) is 11.8 Å². The van der Waals surface area contributed by atoms with Crippen LogP contribution in [-0.4, -0.2) is 37.7 Å². The number of carbonyl (C=O) groups excluding carboxylic acids is 1.